The molecule has 0 radical (unpaired) electrons. The van der Waals surface area contributed by atoms with Crippen LogP contribution in [0.1, 0.15) is 42.1 Å². The van der Waals surface area contributed by atoms with Gasteiger partial charge in [-0.15, -0.1) is 0 Å². The Morgan fingerprint density at radius 1 is 1.19 bits per heavy atom. The second kappa shape index (κ2) is 12.7. The number of likely N-dealkylation sites (tertiary alicyclic amines) is 1. The molecule has 1 aliphatic rings. The summed E-state index contributed by atoms with van der Waals surface area (Å²) in [5, 5.41) is 5.55. The molecule has 0 unspecified atom stereocenters. The molecule has 0 aromatic heterocycles. The van der Waals surface area contributed by atoms with Crippen molar-refractivity contribution < 1.29 is 28.2 Å². The molecule has 2 atom stereocenters. The minimum absolute atomic E-state index is 0.0417. The molecule has 2 N–H and O–H groups in total. The third-order valence-corrected chi connectivity index (χ3v) is 5.96. The van der Waals surface area contributed by atoms with Crippen LogP contribution < -0.4 is 15.4 Å². The van der Waals surface area contributed by atoms with E-state index >= 15 is 0 Å². The van der Waals surface area contributed by atoms with Gasteiger partial charge in [-0.05, 0) is 56.0 Å². The highest BCUT2D eigenvalue weighted by atomic mass is 19.1. The molecule has 1 fully saturated rings. The highest BCUT2D eigenvalue weighted by Gasteiger charge is 2.31. The van der Waals surface area contributed by atoms with E-state index in [1.165, 1.54) is 20.1 Å². The van der Waals surface area contributed by atoms with Gasteiger partial charge in [-0.2, -0.15) is 0 Å². The van der Waals surface area contributed by atoms with Crippen molar-refractivity contribution in [1.82, 2.24) is 15.5 Å². The molecule has 0 spiro atoms. The molecule has 9 heteroatoms. The van der Waals surface area contributed by atoms with Crippen molar-refractivity contribution in [2.75, 3.05) is 20.2 Å². The predicted molar refractivity (Wildman–Crippen MR) is 133 cm³/mol. The summed E-state index contributed by atoms with van der Waals surface area (Å²) < 4.78 is 24.4. The van der Waals surface area contributed by atoms with Gasteiger partial charge in [0.25, 0.3) is 5.91 Å². The number of ether oxygens (including phenoxy) is 2. The van der Waals surface area contributed by atoms with Gasteiger partial charge in [0, 0.05) is 37.2 Å². The summed E-state index contributed by atoms with van der Waals surface area (Å²) in [7, 11) is 1.53. The number of nitrogens with zero attached hydrogens (tertiary/aromatic N) is 1. The highest BCUT2D eigenvalue weighted by molar-refractivity contribution is 5.94. The van der Waals surface area contributed by atoms with Gasteiger partial charge in [0.2, 0.25) is 5.91 Å². The quantitative estimate of drug-likeness (QED) is 0.487. The minimum atomic E-state index is -0.750. The molecule has 0 saturated carbocycles. The van der Waals surface area contributed by atoms with Crippen LogP contribution in [0.25, 0.3) is 0 Å². The smallest absolute Gasteiger partial charge is 0.412 e. The molecule has 0 aliphatic carbocycles. The second-order valence-electron chi connectivity index (χ2n) is 8.76. The largest absolute Gasteiger partial charge is 0.497 e. The van der Waals surface area contributed by atoms with Crippen LogP contribution in [0.4, 0.5) is 9.18 Å². The third-order valence-electron chi connectivity index (χ3n) is 5.96. The van der Waals surface area contributed by atoms with Gasteiger partial charge in [0.1, 0.15) is 11.6 Å². The Hall–Kier alpha value is -3.88. The molecule has 2 aromatic rings. The maximum absolute atomic E-state index is 14.3. The molecule has 2 aromatic carbocycles. The molecule has 3 amide bonds. The van der Waals surface area contributed by atoms with Crippen LogP contribution >= 0.6 is 0 Å². The summed E-state index contributed by atoms with van der Waals surface area (Å²) in [6.07, 6.45) is 0.872. The molecule has 36 heavy (non-hydrogen) atoms. The Labute approximate surface area is 210 Å². The number of allylic oxidation sites excluding steroid dienone is 1. The number of hydrogen-bond acceptors (Lipinski definition) is 5. The van der Waals surface area contributed by atoms with Gasteiger partial charge in [-0.25, -0.2) is 9.18 Å². The van der Waals surface area contributed by atoms with Crippen LogP contribution in [-0.2, 0) is 16.0 Å². The molecule has 1 aliphatic heterocycles. The van der Waals surface area contributed by atoms with Crippen LogP contribution in [0.15, 0.2) is 60.9 Å². The van der Waals surface area contributed by atoms with Crippen LogP contribution in [0, 0.1) is 5.82 Å². The van der Waals surface area contributed by atoms with Gasteiger partial charge in [0.05, 0.1) is 12.9 Å². The van der Waals surface area contributed by atoms with Crippen LogP contribution in [0.2, 0.25) is 0 Å². The van der Waals surface area contributed by atoms with E-state index in [9.17, 15) is 18.8 Å². The van der Waals surface area contributed by atoms with Gasteiger partial charge in [-0.1, -0.05) is 30.8 Å². The Balaban J connectivity index is 1.64. The summed E-state index contributed by atoms with van der Waals surface area (Å²) in [6, 6.07) is 12.2. The first kappa shape index (κ1) is 26.7. The standard InChI is InChI=1S/C27H32FN3O5/c1-18(2)36-27(34)30-21(14-19-8-4-5-12-24(19)28)16-25(32)31-13-7-10-22(31)17-29-26(33)20-9-6-11-23(15-20)35-3/h4-6,8-9,11-12,15,21-22H,1,7,10,13-14,16-17H2,2-3H3,(H,29,33)(H,30,34)/t21-,22+/m1/s1. The zero-order chi connectivity index (χ0) is 26.1. The van der Waals surface area contributed by atoms with Crippen LogP contribution in [-0.4, -0.2) is 55.1 Å². The first-order valence-corrected chi connectivity index (χ1v) is 11.9. The fourth-order valence-electron chi connectivity index (χ4n) is 4.24. The first-order valence-electron chi connectivity index (χ1n) is 11.9. The highest BCUT2D eigenvalue weighted by Crippen LogP contribution is 2.20. The number of carbonyl (C=O) groups excluding carboxylic acids is 3. The van der Waals surface area contributed by atoms with Gasteiger partial charge in [-0.3, -0.25) is 9.59 Å². The Bertz CT molecular complexity index is 1110. The second-order valence-corrected chi connectivity index (χ2v) is 8.76. The van der Waals surface area contributed by atoms with E-state index in [0.717, 1.165) is 12.8 Å². The number of methoxy groups -OCH3 is 1. The Morgan fingerprint density at radius 2 is 1.97 bits per heavy atom. The number of amides is 3. The van der Waals surface area contributed by atoms with E-state index in [4.69, 9.17) is 9.47 Å². The van der Waals surface area contributed by atoms with Crippen molar-refractivity contribution >= 4 is 17.9 Å². The normalized spacial score (nSPS) is 15.6. The number of rotatable bonds is 10. The van der Waals surface area contributed by atoms with E-state index in [1.54, 1.807) is 47.4 Å². The average molecular weight is 498 g/mol. The maximum Gasteiger partial charge on any atom is 0.412 e. The molecule has 8 nitrogen and oxygen atoms in total. The van der Waals surface area contributed by atoms with E-state index < -0.39 is 18.0 Å². The number of halogens is 1. The Kier molecular flexibility index (Phi) is 9.44. The molecular formula is C27H32FN3O5. The summed E-state index contributed by atoms with van der Waals surface area (Å²) in [5.74, 6) is -0.0713. The van der Waals surface area contributed by atoms with Crippen molar-refractivity contribution in [3.05, 3.63) is 77.8 Å². The first-order chi connectivity index (χ1) is 17.3. The maximum atomic E-state index is 14.3. The number of benzene rings is 2. The van der Waals surface area contributed by atoms with Gasteiger partial charge >= 0.3 is 6.09 Å². The van der Waals surface area contributed by atoms with Crippen molar-refractivity contribution in [2.45, 2.75) is 44.7 Å². The van der Waals surface area contributed by atoms with E-state index in [2.05, 4.69) is 17.2 Å². The number of nitrogens with one attached hydrogen (secondary N) is 2. The van der Waals surface area contributed by atoms with Gasteiger partial charge < -0.3 is 25.0 Å². The predicted octanol–water partition coefficient (Wildman–Crippen LogP) is 3.82. The molecule has 0 bridgehead atoms. The lowest BCUT2D eigenvalue weighted by Crippen LogP contribution is -2.46. The number of alkyl carbamates (subject to hydrolysis) is 1. The average Bonchev–Trinajstić information content (AvgIpc) is 3.32. The van der Waals surface area contributed by atoms with Gasteiger partial charge in [0.15, 0.2) is 0 Å². The minimum Gasteiger partial charge on any atom is -0.497 e. The molecule has 192 valence electrons. The summed E-state index contributed by atoms with van der Waals surface area (Å²) in [4.78, 5) is 39.7. The zero-order valence-corrected chi connectivity index (χ0v) is 20.6. The van der Waals surface area contributed by atoms with Crippen molar-refractivity contribution in [3.63, 3.8) is 0 Å². The monoisotopic (exact) mass is 497 g/mol. The lowest BCUT2D eigenvalue weighted by Gasteiger charge is -2.27. The van der Waals surface area contributed by atoms with Crippen LogP contribution in [0.3, 0.4) is 0 Å². The fourth-order valence-corrected chi connectivity index (χ4v) is 4.24. The number of hydrogen-bond donors (Lipinski definition) is 2. The lowest BCUT2D eigenvalue weighted by atomic mass is 10.0. The zero-order valence-electron chi connectivity index (χ0n) is 20.6. The van der Waals surface area contributed by atoms with E-state index in [0.29, 0.717) is 30.0 Å². The van der Waals surface area contributed by atoms with E-state index in [1.807, 2.05) is 0 Å². The molecule has 1 saturated heterocycles. The SMILES string of the molecule is C=C(C)OC(=O)N[C@@H](CC(=O)N1CCC[C@H]1CNC(=O)c1cccc(OC)c1)Cc1ccccc1F. The van der Waals surface area contributed by atoms with E-state index in [-0.39, 0.29) is 36.5 Å². The fraction of sp³-hybridized carbons (Fsp3) is 0.370. The topological polar surface area (TPSA) is 97.0 Å². The summed E-state index contributed by atoms with van der Waals surface area (Å²) in [5.41, 5.74) is 0.852. The van der Waals surface area contributed by atoms with Crippen molar-refractivity contribution in [1.29, 1.82) is 0 Å². The Morgan fingerprint density at radius 3 is 2.69 bits per heavy atom. The molecule has 3 rings (SSSR count). The molecular weight excluding hydrogens is 465 g/mol. The summed E-state index contributed by atoms with van der Waals surface area (Å²) in [6.45, 7) is 5.91. The summed E-state index contributed by atoms with van der Waals surface area (Å²) >= 11 is 0. The number of carbonyl (C=O) groups is 3. The lowest BCUT2D eigenvalue weighted by molar-refractivity contribution is -0.132. The molecule has 1 heterocycles. The van der Waals surface area contributed by atoms with Crippen molar-refractivity contribution in [2.24, 2.45) is 0 Å². The third kappa shape index (κ3) is 7.56. The van der Waals surface area contributed by atoms with Crippen molar-refractivity contribution in [3.8, 4) is 5.75 Å². The van der Waals surface area contributed by atoms with Crippen LogP contribution in [0.5, 0.6) is 5.75 Å².